The number of ether oxygens (including phenoxy) is 2. The van der Waals surface area contributed by atoms with Crippen LogP contribution in [0.2, 0.25) is 0 Å². The topological polar surface area (TPSA) is 125 Å². The summed E-state index contributed by atoms with van der Waals surface area (Å²) in [6.07, 6.45) is 4.80. The number of alkyl halides is 1. The summed E-state index contributed by atoms with van der Waals surface area (Å²) < 4.78 is 12.9. The number of hydrogen-bond donors (Lipinski definition) is 2. The van der Waals surface area contributed by atoms with Crippen molar-refractivity contribution in [1.82, 2.24) is 15.1 Å². The first-order valence-electron chi connectivity index (χ1n) is 17.5. The highest BCUT2D eigenvalue weighted by Crippen LogP contribution is 2.61. The van der Waals surface area contributed by atoms with Gasteiger partial charge < -0.3 is 29.7 Å². The normalized spacial score (nSPS) is 26.2. The van der Waals surface area contributed by atoms with E-state index in [0.717, 1.165) is 18.4 Å². The van der Waals surface area contributed by atoms with Crippen LogP contribution in [0.25, 0.3) is 0 Å². The van der Waals surface area contributed by atoms with Crippen molar-refractivity contribution >= 4 is 39.6 Å². The van der Waals surface area contributed by atoms with Gasteiger partial charge >= 0.3 is 5.97 Å². The zero-order valence-electron chi connectivity index (χ0n) is 28.6. The Hall–Kier alpha value is -3.80. The van der Waals surface area contributed by atoms with Gasteiger partial charge in [-0.05, 0) is 36.8 Å². The number of rotatable bonds is 18. The molecule has 3 aliphatic rings. The molecular formula is C39H48BrN3O7. The average Bonchev–Trinajstić information content (AvgIpc) is 3.73. The van der Waals surface area contributed by atoms with E-state index in [1.165, 1.54) is 4.90 Å². The Morgan fingerprint density at radius 1 is 1.14 bits per heavy atom. The number of allylic oxidation sites excluding steroid dienone is 1. The lowest BCUT2D eigenvalue weighted by Gasteiger charge is -2.39. The number of carbonyl (C=O) groups excluding carboxylic acids is 4. The molecule has 2 aromatic carbocycles. The first-order valence-corrected chi connectivity index (χ1v) is 18.4. The second-order valence-corrected chi connectivity index (χ2v) is 14.5. The van der Waals surface area contributed by atoms with Crippen LogP contribution in [0.15, 0.2) is 86.0 Å². The Morgan fingerprint density at radius 2 is 1.84 bits per heavy atom. The Balaban J connectivity index is 1.51. The molecule has 2 aromatic rings. The zero-order valence-corrected chi connectivity index (χ0v) is 30.2. The molecule has 3 aliphatic heterocycles. The molecule has 1 unspecified atom stereocenters. The van der Waals surface area contributed by atoms with Crippen LogP contribution in [-0.4, -0.2) is 93.5 Å². The summed E-state index contributed by atoms with van der Waals surface area (Å²) in [7, 11) is 0. The summed E-state index contributed by atoms with van der Waals surface area (Å²) in [5.41, 5.74) is 0.258. The fraction of sp³-hybridized carbons (Fsp3) is 0.487. The SMILES string of the molecule is C=CCCC(=O)NC[C@H](OC(=O)[C@H]1[C@@H]2O[C@@]3(CC2Br)[C@@H]1C(=O)N([C@@H](CO)Cc1ccccc1)[C@@H]3C(=O)N(CC=C)CCCC)c1ccccc1. The first-order chi connectivity index (χ1) is 24.2. The van der Waals surface area contributed by atoms with Crippen LogP contribution in [-0.2, 0) is 35.1 Å². The van der Waals surface area contributed by atoms with Crippen LogP contribution < -0.4 is 5.32 Å². The Kier molecular flexibility index (Phi) is 12.7. The minimum absolute atomic E-state index is 0.0380. The molecule has 268 valence electrons. The van der Waals surface area contributed by atoms with Crippen molar-refractivity contribution in [3.05, 3.63) is 97.1 Å². The third-order valence-electron chi connectivity index (χ3n) is 10.1. The highest BCUT2D eigenvalue weighted by molar-refractivity contribution is 9.09. The van der Waals surface area contributed by atoms with E-state index in [1.54, 1.807) is 17.1 Å². The smallest absolute Gasteiger partial charge is 0.313 e. The van der Waals surface area contributed by atoms with Gasteiger partial charge in [0.1, 0.15) is 17.7 Å². The molecule has 5 rings (SSSR count). The minimum Gasteiger partial charge on any atom is -0.455 e. The molecule has 0 saturated carbocycles. The van der Waals surface area contributed by atoms with E-state index in [1.807, 2.05) is 67.6 Å². The maximum atomic E-state index is 14.8. The van der Waals surface area contributed by atoms with Gasteiger partial charge in [-0.15, -0.1) is 13.2 Å². The van der Waals surface area contributed by atoms with Crippen LogP contribution in [0.1, 0.15) is 56.3 Å². The second kappa shape index (κ2) is 16.9. The molecule has 3 saturated heterocycles. The van der Waals surface area contributed by atoms with Gasteiger partial charge in [0.15, 0.2) is 0 Å². The van der Waals surface area contributed by atoms with Gasteiger partial charge in [0.2, 0.25) is 17.7 Å². The lowest BCUT2D eigenvalue weighted by atomic mass is 9.70. The van der Waals surface area contributed by atoms with Crippen LogP contribution in [0.3, 0.4) is 0 Å². The molecule has 0 aromatic heterocycles. The van der Waals surface area contributed by atoms with Crippen molar-refractivity contribution in [3.63, 3.8) is 0 Å². The minimum atomic E-state index is -1.33. The van der Waals surface area contributed by atoms with E-state index < -0.39 is 53.6 Å². The average molecular weight is 751 g/mol. The second-order valence-electron chi connectivity index (χ2n) is 13.3. The van der Waals surface area contributed by atoms with Gasteiger partial charge in [0, 0.05) is 24.3 Å². The maximum Gasteiger partial charge on any atom is 0.313 e. The third kappa shape index (κ3) is 7.60. The summed E-state index contributed by atoms with van der Waals surface area (Å²) in [6.45, 7) is 9.98. The molecule has 50 heavy (non-hydrogen) atoms. The Labute approximate surface area is 303 Å². The van der Waals surface area contributed by atoms with Gasteiger partial charge in [-0.25, -0.2) is 0 Å². The predicted molar refractivity (Wildman–Crippen MR) is 193 cm³/mol. The van der Waals surface area contributed by atoms with Gasteiger partial charge in [-0.3, -0.25) is 19.2 Å². The van der Waals surface area contributed by atoms with Crippen LogP contribution in [0, 0.1) is 11.8 Å². The number of aliphatic hydroxyl groups excluding tert-OH is 1. The molecule has 2 N–H and O–H groups in total. The number of amides is 3. The van der Waals surface area contributed by atoms with Gasteiger partial charge in [0.25, 0.3) is 0 Å². The van der Waals surface area contributed by atoms with Gasteiger partial charge in [-0.2, -0.15) is 0 Å². The Morgan fingerprint density at radius 3 is 2.48 bits per heavy atom. The molecule has 8 atom stereocenters. The van der Waals surface area contributed by atoms with Gasteiger partial charge in [-0.1, -0.05) is 102 Å². The van der Waals surface area contributed by atoms with Crippen molar-refractivity contribution in [1.29, 1.82) is 0 Å². The highest BCUT2D eigenvalue weighted by Gasteiger charge is 2.77. The number of halogens is 1. The summed E-state index contributed by atoms with van der Waals surface area (Å²) >= 11 is 3.74. The number of likely N-dealkylation sites (tertiary alicyclic amines) is 1. The molecule has 1 spiro atoms. The van der Waals surface area contributed by atoms with Crippen LogP contribution >= 0.6 is 15.9 Å². The number of hydrogen-bond acceptors (Lipinski definition) is 7. The number of carbonyl (C=O) groups is 4. The first kappa shape index (κ1) is 37.5. The quantitative estimate of drug-likeness (QED) is 0.131. The number of nitrogens with one attached hydrogen (secondary N) is 1. The molecular weight excluding hydrogens is 702 g/mol. The highest BCUT2D eigenvalue weighted by atomic mass is 79.9. The standard InChI is InChI=1S/C39H48BrN3O7/c1-4-7-19-31(45)41-24-30(27-17-13-10-14-18-27)49-38(48)32-33-36(46)43(28(25-44)22-26-15-11-9-12-16-26)35(39(33)23-29(40)34(32)50-39)37(47)42(20-6-3)21-8-5-2/h4,6,9-18,28-30,32-35,44H,1,3,5,7-8,19-25H2,2H3,(H,41,45)/t28-,29?,30+,32-,33+,34-,35-,39+/m1/s1. The fourth-order valence-electron chi connectivity index (χ4n) is 7.76. The number of unbranched alkanes of at least 4 members (excludes halogenated alkanes) is 1. The molecule has 0 aliphatic carbocycles. The molecule has 3 amide bonds. The van der Waals surface area contributed by atoms with E-state index >= 15 is 0 Å². The molecule has 3 heterocycles. The van der Waals surface area contributed by atoms with E-state index in [2.05, 4.69) is 34.4 Å². The third-order valence-corrected chi connectivity index (χ3v) is 10.9. The maximum absolute atomic E-state index is 14.8. The van der Waals surface area contributed by atoms with E-state index in [-0.39, 0.29) is 42.8 Å². The summed E-state index contributed by atoms with van der Waals surface area (Å²) in [5, 5.41) is 13.7. The van der Waals surface area contributed by atoms with E-state index in [4.69, 9.17) is 9.47 Å². The molecule has 3 fully saturated rings. The monoisotopic (exact) mass is 749 g/mol. The largest absolute Gasteiger partial charge is 0.455 e. The number of nitrogens with zero attached hydrogens (tertiary/aromatic N) is 2. The molecule has 10 nitrogen and oxygen atoms in total. The number of benzene rings is 2. The van der Waals surface area contributed by atoms with Crippen LogP contribution in [0.4, 0.5) is 0 Å². The van der Waals surface area contributed by atoms with Crippen molar-refractivity contribution < 1.29 is 33.8 Å². The van der Waals surface area contributed by atoms with Gasteiger partial charge in [0.05, 0.1) is 37.1 Å². The van der Waals surface area contributed by atoms with Crippen molar-refractivity contribution in [3.8, 4) is 0 Å². The fourth-order valence-corrected chi connectivity index (χ4v) is 8.70. The van der Waals surface area contributed by atoms with E-state index in [9.17, 15) is 24.3 Å². The predicted octanol–water partition coefficient (Wildman–Crippen LogP) is 4.52. The molecule has 0 radical (unpaired) electrons. The Bertz CT molecular complexity index is 1520. The number of fused-ring (bicyclic) bond motifs is 1. The molecule has 2 bridgehead atoms. The van der Waals surface area contributed by atoms with Crippen LogP contribution in [0.5, 0.6) is 0 Å². The van der Waals surface area contributed by atoms with E-state index in [0.29, 0.717) is 31.4 Å². The number of aliphatic hydroxyl groups is 1. The number of esters is 1. The summed E-state index contributed by atoms with van der Waals surface area (Å²) in [6, 6.07) is 16.8. The summed E-state index contributed by atoms with van der Waals surface area (Å²) in [5.74, 6) is -3.58. The summed E-state index contributed by atoms with van der Waals surface area (Å²) in [4.78, 5) is 59.3. The lowest BCUT2D eigenvalue weighted by molar-refractivity contribution is -0.161. The molecule has 11 heteroatoms. The lowest BCUT2D eigenvalue weighted by Crippen LogP contribution is -2.59. The van der Waals surface area contributed by atoms with Crippen molar-refractivity contribution in [2.45, 2.75) is 80.2 Å². The van der Waals surface area contributed by atoms with Crippen molar-refractivity contribution in [2.24, 2.45) is 11.8 Å². The van der Waals surface area contributed by atoms with Crippen molar-refractivity contribution in [2.75, 3.05) is 26.2 Å². The zero-order chi connectivity index (χ0) is 35.8.